The molecule has 1 saturated heterocycles. The Kier molecular flexibility index (Phi) is 7.88. The Morgan fingerprint density at radius 1 is 1.00 bits per heavy atom. The molecule has 0 spiro atoms. The minimum absolute atomic E-state index is 0.121. The number of unbranched alkanes of at least 4 members (excludes halogenated alkanes) is 4. The summed E-state index contributed by atoms with van der Waals surface area (Å²) in [6.07, 6.45) is 7.27. The zero-order chi connectivity index (χ0) is 19.9. The van der Waals surface area contributed by atoms with Crippen molar-refractivity contribution in [3.05, 3.63) is 39.9 Å². The van der Waals surface area contributed by atoms with Gasteiger partial charge in [-0.15, -0.1) is 0 Å². The highest BCUT2D eigenvalue weighted by Crippen LogP contribution is 2.28. The second-order valence-corrected chi connectivity index (χ2v) is 10.5. The fourth-order valence-corrected chi connectivity index (χ4v) is 5.77. The lowest BCUT2D eigenvalue weighted by Crippen LogP contribution is -2.17. The lowest BCUT2D eigenvalue weighted by atomic mass is 10.1. The molecule has 1 aromatic carbocycles. The van der Waals surface area contributed by atoms with E-state index in [-0.39, 0.29) is 16.2 Å². The summed E-state index contributed by atoms with van der Waals surface area (Å²) in [6, 6.07) is 6.22. The molecule has 0 amide bonds. The van der Waals surface area contributed by atoms with Gasteiger partial charge in [-0.1, -0.05) is 39.2 Å². The van der Waals surface area contributed by atoms with E-state index in [1.54, 1.807) is 12.1 Å². The van der Waals surface area contributed by atoms with Crippen molar-refractivity contribution in [3.8, 4) is 0 Å². The van der Waals surface area contributed by atoms with Crippen LogP contribution in [0.3, 0.4) is 0 Å². The maximum absolute atomic E-state index is 12.4. The molecule has 0 aliphatic carbocycles. The number of rotatable bonds is 11. The smallest absolute Gasteiger partial charge is 0.112 e. The Hall–Kier alpha value is -1.38. The van der Waals surface area contributed by atoms with E-state index in [0.717, 1.165) is 57.3 Å². The largest absolute Gasteiger partial charge is 0.428 e. The van der Waals surface area contributed by atoms with Crippen LogP contribution in [0.1, 0.15) is 58.3 Å². The van der Waals surface area contributed by atoms with Crippen LogP contribution in [-0.4, -0.2) is 29.9 Å². The van der Waals surface area contributed by atoms with Crippen molar-refractivity contribution in [2.45, 2.75) is 63.2 Å². The second-order valence-electron chi connectivity index (χ2n) is 6.92. The van der Waals surface area contributed by atoms with Crippen LogP contribution in [0.5, 0.6) is 0 Å². The number of sulfonamides is 2. The molecule has 0 radical (unpaired) electrons. The first-order chi connectivity index (χ1) is 12.8. The summed E-state index contributed by atoms with van der Waals surface area (Å²) in [5.41, 5.74) is 0.936. The van der Waals surface area contributed by atoms with Crippen LogP contribution >= 0.6 is 0 Å². The number of benzene rings is 1. The average Bonchev–Trinajstić information content (AvgIpc) is 3.15. The van der Waals surface area contributed by atoms with Gasteiger partial charge in [0.25, 0.3) is 0 Å². The highest BCUT2D eigenvalue weighted by atomic mass is 32.3. The van der Waals surface area contributed by atoms with Gasteiger partial charge in [0.15, 0.2) is 0 Å². The van der Waals surface area contributed by atoms with Crippen LogP contribution in [0.25, 0.3) is 4.13 Å². The van der Waals surface area contributed by atoms with E-state index in [1.807, 2.05) is 0 Å². The van der Waals surface area contributed by atoms with Crippen LogP contribution in [0.2, 0.25) is 0 Å². The highest BCUT2D eigenvalue weighted by molar-refractivity contribution is 8.14. The van der Waals surface area contributed by atoms with Gasteiger partial charge in [-0.05, 0) is 49.9 Å². The van der Waals surface area contributed by atoms with Gasteiger partial charge < -0.3 is 9.03 Å². The molecule has 1 fully saturated rings. The molecule has 1 heterocycles. The van der Waals surface area contributed by atoms with Gasteiger partial charge in [0.2, 0.25) is 0 Å². The number of nitrogens with zero attached hydrogens (tertiary/aromatic N) is 2. The predicted octanol–water partition coefficient (Wildman–Crippen LogP) is 4.55. The molecule has 6 nitrogen and oxygen atoms in total. The van der Waals surface area contributed by atoms with Crippen LogP contribution in [-0.2, 0) is 20.0 Å². The van der Waals surface area contributed by atoms with Gasteiger partial charge in [-0.2, -0.15) is 0 Å². The van der Waals surface area contributed by atoms with Crippen LogP contribution in [0, 0.1) is 0 Å². The Bertz CT molecular complexity index is 825. The topological polar surface area (TPSA) is 85.6 Å². The van der Waals surface area contributed by atoms with Gasteiger partial charge in [0.05, 0.1) is 0 Å². The molecule has 27 heavy (non-hydrogen) atoms. The monoisotopic (exact) mass is 413 g/mol. The van der Waals surface area contributed by atoms with Crippen LogP contribution in [0.4, 0.5) is 5.69 Å². The SMILES string of the molecule is C=C(CCCCCCC)S(=O)(=O)[N-]S(=O)(=O)c1ccc(N2CCCC2)cc1. The Labute approximate surface area is 163 Å². The summed E-state index contributed by atoms with van der Waals surface area (Å²) in [4.78, 5) is 1.91. The third-order valence-corrected chi connectivity index (χ3v) is 8.10. The molecule has 1 aliphatic heterocycles. The molecule has 0 aromatic heterocycles. The molecule has 0 N–H and O–H groups in total. The summed E-state index contributed by atoms with van der Waals surface area (Å²) < 4.78 is 52.5. The lowest BCUT2D eigenvalue weighted by Gasteiger charge is -2.23. The summed E-state index contributed by atoms with van der Waals surface area (Å²) >= 11 is 0. The summed E-state index contributed by atoms with van der Waals surface area (Å²) in [5, 5.41) is 0. The Balaban J connectivity index is 1.98. The molecule has 2 rings (SSSR count). The van der Waals surface area contributed by atoms with Crippen molar-refractivity contribution in [2.75, 3.05) is 18.0 Å². The van der Waals surface area contributed by atoms with Gasteiger partial charge in [-0.25, -0.2) is 16.8 Å². The molecule has 152 valence electrons. The highest BCUT2D eigenvalue weighted by Gasteiger charge is 2.16. The van der Waals surface area contributed by atoms with Crippen molar-refractivity contribution < 1.29 is 16.8 Å². The number of hydrogen-bond acceptors (Lipinski definition) is 5. The van der Waals surface area contributed by atoms with Crippen LogP contribution < -0.4 is 4.90 Å². The molecule has 0 saturated carbocycles. The second kappa shape index (κ2) is 9.71. The fraction of sp³-hybridized carbons (Fsp3) is 0.579. The molecule has 0 unspecified atom stereocenters. The molecule has 1 aromatic rings. The van der Waals surface area contributed by atoms with Gasteiger partial charge in [0.1, 0.15) is 20.0 Å². The van der Waals surface area contributed by atoms with Crippen LogP contribution in [0.15, 0.2) is 40.6 Å². The van der Waals surface area contributed by atoms with Gasteiger partial charge in [0, 0.05) is 28.6 Å². The maximum atomic E-state index is 12.4. The lowest BCUT2D eigenvalue weighted by molar-refractivity contribution is 0.595. The molecule has 8 heteroatoms. The van der Waals surface area contributed by atoms with E-state index in [1.165, 1.54) is 12.1 Å². The normalized spacial score (nSPS) is 15.2. The van der Waals surface area contributed by atoms with E-state index in [9.17, 15) is 16.8 Å². The molecule has 0 atom stereocenters. The minimum Gasteiger partial charge on any atom is -0.428 e. The van der Waals surface area contributed by atoms with Crippen molar-refractivity contribution in [1.29, 1.82) is 0 Å². The van der Waals surface area contributed by atoms with Crippen molar-refractivity contribution in [1.82, 2.24) is 0 Å². The molecule has 1 aliphatic rings. The van der Waals surface area contributed by atoms with E-state index < -0.39 is 20.0 Å². The first-order valence-corrected chi connectivity index (χ1v) is 12.4. The fourth-order valence-electron chi connectivity index (χ4n) is 3.08. The van der Waals surface area contributed by atoms with Crippen molar-refractivity contribution in [2.24, 2.45) is 0 Å². The zero-order valence-electron chi connectivity index (χ0n) is 15.9. The van der Waals surface area contributed by atoms with E-state index in [4.69, 9.17) is 0 Å². The maximum Gasteiger partial charge on any atom is 0.112 e. The Morgan fingerprint density at radius 3 is 2.19 bits per heavy atom. The third kappa shape index (κ3) is 6.33. The first-order valence-electron chi connectivity index (χ1n) is 9.53. The van der Waals surface area contributed by atoms with Gasteiger partial charge >= 0.3 is 0 Å². The van der Waals surface area contributed by atoms with Crippen molar-refractivity contribution in [3.63, 3.8) is 0 Å². The van der Waals surface area contributed by atoms with Gasteiger partial charge in [-0.3, -0.25) is 0 Å². The van der Waals surface area contributed by atoms with Crippen molar-refractivity contribution >= 4 is 25.7 Å². The molecular formula is C19H29N2O4S2-. The van der Waals surface area contributed by atoms with E-state index in [2.05, 4.69) is 22.5 Å². The quantitative estimate of drug-likeness (QED) is 0.497. The van der Waals surface area contributed by atoms with E-state index in [0.29, 0.717) is 6.42 Å². The zero-order valence-corrected chi connectivity index (χ0v) is 17.6. The Morgan fingerprint density at radius 2 is 1.59 bits per heavy atom. The number of hydrogen-bond donors (Lipinski definition) is 0. The molecular weight excluding hydrogens is 384 g/mol. The predicted molar refractivity (Wildman–Crippen MR) is 110 cm³/mol. The third-order valence-electron chi connectivity index (χ3n) is 4.73. The minimum atomic E-state index is -4.28. The summed E-state index contributed by atoms with van der Waals surface area (Å²) in [6.45, 7) is 7.53. The number of allylic oxidation sites excluding steroid dienone is 1. The summed E-state index contributed by atoms with van der Waals surface area (Å²) in [7, 11) is -8.54. The first kappa shape index (κ1) is 21.9. The summed E-state index contributed by atoms with van der Waals surface area (Å²) in [5.74, 6) is 0. The van der Waals surface area contributed by atoms with E-state index >= 15 is 0 Å². The standard InChI is InChI=1S/C19H29N2O4S2/c1-3-4-5-6-7-10-17(2)26(22,23)20-27(24,25)19-13-11-18(12-14-19)21-15-8-9-16-21/h11-14H,2-10,15-16H2,1H3/q-1. The average molecular weight is 414 g/mol. The molecule has 0 bridgehead atoms. The number of anilines is 1.